The zero-order valence-corrected chi connectivity index (χ0v) is 8.08. The molecule has 0 aromatic heterocycles. The molecule has 1 fully saturated rings. The lowest BCUT2D eigenvalue weighted by Crippen LogP contribution is -2.51. The first-order valence-electron chi connectivity index (χ1n) is 4.86. The molecule has 1 aliphatic heterocycles. The molecule has 3 heteroatoms. The van der Waals surface area contributed by atoms with E-state index in [9.17, 15) is 5.11 Å². The molecule has 2 N–H and O–H groups in total. The topological polar surface area (TPSA) is 35.5 Å². The molecule has 12 heavy (non-hydrogen) atoms. The Morgan fingerprint density at radius 1 is 1.67 bits per heavy atom. The molecule has 0 aromatic carbocycles. The highest BCUT2D eigenvalue weighted by atomic mass is 16.3. The van der Waals surface area contributed by atoms with Crippen molar-refractivity contribution in [2.45, 2.75) is 32.4 Å². The highest BCUT2D eigenvalue weighted by Crippen LogP contribution is 2.01. The minimum Gasteiger partial charge on any atom is -0.392 e. The molecule has 0 radical (unpaired) electrons. The van der Waals surface area contributed by atoms with Crippen LogP contribution in [0.5, 0.6) is 0 Å². The standard InChI is InChI=1S/C9H20N2O/c1-3-9(12)7-11-5-4-10-8(2)6-11/h8-10,12H,3-7H2,1-2H3/t8-,9-/m1/s1. The van der Waals surface area contributed by atoms with Crippen LogP contribution in [0.15, 0.2) is 0 Å². The molecule has 0 amide bonds. The van der Waals surface area contributed by atoms with Gasteiger partial charge in [-0.25, -0.2) is 0 Å². The van der Waals surface area contributed by atoms with Gasteiger partial charge in [0.1, 0.15) is 0 Å². The third kappa shape index (κ3) is 3.09. The summed E-state index contributed by atoms with van der Waals surface area (Å²) in [4.78, 5) is 2.33. The Morgan fingerprint density at radius 2 is 2.42 bits per heavy atom. The van der Waals surface area contributed by atoms with Crippen LogP contribution in [-0.4, -0.2) is 48.3 Å². The van der Waals surface area contributed by atoms with E-state index in [1.807, 2.05) is 6.92 Å². The van der Waals surface area contributed by atoms with Crippen molar-refractivity contribution >= 4 is 0 Å². The van der Waals surface area contributed by atoms with Crippen LogP contribution in [-0.2, 0) is 0 Å². The second kappa shape index (κ2) is 4.80. The highest BCUT2D eigenvalue weighted by Gasteiger charge is 2.16. The molecule has 0 spiro atoms. The van der Waals surface area contributed by atoms with E-state index in [2.05, 4.69) is 17.1 Å². The van der Waals surface area contributed by atoms with Crippen LogP contribution in [0.1, 0.15) is 20.3 Å². The van der Waals surface area contributed by atoms with E-state index in [0.29, 0.717) is 6.04 Å². The number of hydrogen-bond donors (Lipinski definition) is 2. The normalized spacial score (nSPS) is 28.8. The predicted molar refractivity (Wildman–Crippen MR) is 50.2 cm³/mol. The van der Waals surface area contributed by atoms with Crippen molar-refractivity contribution in [3.05, 3.63) is 0 Å². The molecule has 1 saturated heterocycles. The maximum Gasteiger partial charge on any atom is 0.0664 e. The minimum absolute atomic E-state index is 0.143. The van der Waals surface area contributed by atoms with Gasteiger partial charge in [-0.15, -0.1) is 0 Å². The zero-order valence-electron chi connectivity index (χ0n) is 8.08. The van der Waals surface area contributed by atoms with Crippen LogP contribution < -0.4 is 5.32 Å². The summed E-state index contributed by atoms with van der Waals surface area (Å²) in [6, 6.07) is 0.572. The van der Waals surface area contributed by atoms with Crippen LogP contribution in [0.25, 0.3) is 0 Å². The molecule has 2 atom stereocenters. The maximum absolute atomic E-state index is 9.43. The molecular weight excluding hydrogens is 152 g/mol. The Bertz CT molecular complexity index is 130. The number of aliphatic hydroxyl groups is 1. The van der Waals surface area contributed by atoms with E-state index in [1.54, 1.807) is 0 Å². The largest absolute Gasteiger partial charge is 0.392 e. The van der Waals surface area contributed by atoms with Gasteiger partial charge >= 0.3 is 0 Å². The van der Waals surface area contributed by atoms with Crippen LogP contribution >= 0.6 is 0 Å². The summed E-state index contributed by atoms with van der Waals surface area (Å²) >= 11 is 0. The third-order valence-electron chi connectivity index (χ3n) is 2.39. The molecular formula is C9H20N2O. The van der Waals surface area contributed by atoms with Gasteiger partial charge in [0.15, 0.2) is 0 Å². The Morgan fingerprint density at radius 3 is 3.00 bits per heavy atom. The van der Waals surface area contributed by atoms with Crippen molar-refractivity contribution in [2.75, 3.05) is 26.2 Å². The van der Waals surface area contributed by atoms with E-state index < -0.39 is 0 Å². The van der Waals surface area contributed by atoms with Crippen LogP contribution in [0.4, 0.5) is 0 Å². The number of β-amino-alcohol motifs (C(OH)–C–C–N with tert-alkyl or cyclic N) is 1. The molecule has 1 aliphatic rings. The van der Waals surface area contributed by atoms with Crippen molar-refractivity contribution in [3.8, 4) is 0 Å². The Kier molecular flexibility index (Phi) is 3.98. The van der Waals surface area contributed by atoms with Crippen molar-refractivity contribution in [2.24, 2.45) is 0 Å². The number of piperazine rings is 1. The fourth-order valence-corrected chi connectivity index (χ4v) is 1.61. The molecule has 0 saturated carbocycles. The maximum atomic E-state index is 9.43. The first kappa shape index (κ1) is 9.96. The third-order valence-corrected chi connectivity index (χ3v) is 2.39. The molecule has 72 valence electrons. The van der Waals surface area contributed by atoms with Gasteiger partial charge in [-0.05, 0) is 13.3 Å². The van der Waals surface area contributed by atoms with Gasteiger partial charge in [0.2, 0.25) is 0 Å². The van der Waals surface area contributed by atoms with Crippen molar-refractivity contribution in [1.82, 2.24) is 10.2 Å². The lowest BCUT2D eigenvalue weighted by Gasteiger charge is -2.32. The number of hydrogen-bond acceptors (Lipinski definition) is 3. The second-order valence-corrected chi connectivity index (χ2v) is 3.68. The molecule has 0 unspecified atom stereocenters. The van der Waals surface area contributed by atoms with Gasteiger partial charge < -0.3 is 10.4 Å². The predicted octanol–water partition coefficient (Wildman–Crippen LogP) is 0.0510. The quantitative estimate of drug-likeness (QED) is 0.631. The first-order chi connectivity index (χ1) is 5.72. The molecule has 0 aromatic rings. The van der Waals surface area contributed by atoms with Gasteiger partial charge in [0.05, 0.1) is 6.10 Å². The summed E-state index contributed by atoms with van der Waals surface area (Å²) in [5.41, 5.74) is 0. The smallest absolute Gasteiger partial charge is 0.0664 e. The van der Waals surface area contributed by atoms with Gasteiger partial charge in [-0.3, -0.25) is 4.90 Å². The van der Waals surface area contributed by atoms with Crippen molar-refractivity contribution in [1.29, 1.82) is 0 Å². The van der Waals surface area contributed by atoms with Crippen molar-refractivity contribution < 1.29 is 5.11 Å². The number of nitrogens with zero attached hydrogens (tertiary/aromatic N) is 1. The van der Waals surface area contributed by atoms with E-state index in [-0.39, 0.29) is 6.10 Å². The summed E-state index contributed by atoms with van der Waals surface area (Å²) in [5.74, 6) is 0. The van der Waals surface area contributed by atoms with Crippen molar-refractivity contribution in [3.63, 3.8) is 0 Å². The van der Waals surface area contributed by atoms with E-state index in [4.69, 9.17) is 0 Å². The monoisotopic (exact) mass is 172 g/mol. The van der Waals surface area contributed by atoms with Gasteiger partial charge in [-0.2, -0.15) is 0 Å². The van der Waals surface area contributed by atoms with Crippen LogP contribution in [0.2, 0.25) is 0 Å². The van der Waals surface area contributed by atoms with Gasteiger partial charge in [-0.1, -0.05) is 6.92 Å². The molecule has 3 nitrogen and oxygen atoms in total. The SMILES string of the molecule is CC[C@@H](O)CN1CCN[C@H](C)C1. The number of nitrogens with one attached hydrogen (secondary N) is 1. The molecule has 0 aliphatic carbocycles. The van der Waals surface area contributed by atoms with E-state index in [0.717, 1.165) is 32.6 Å². The highest BCUT2D eigenvalue weighted by molar-refractivity contribution is 4.76. The average molecular weight is 172 g/mol. The van der Waals surface area contributed by atoms with E-state index in [1.165, 1.54) is 0 Å². The lowest BCUT2D eigenvalue weighted by atomic mass is 10.2. The Labute approximate surface area is 74.8 Å². The average Bonchev–Trinajstić information content (AvgIpc) is 2.04. The fraction of sp³-hybridized carbons (Fsp3) is 1.00. The summed E-state index contributed by atoms with van der Waals surface area (Å²) in [6.07, 6.45) is 0.716. The summed E-state index contributed by atoms with van der Waals surface area (Å²) < 4.78 is 0. The Balaban J connectivity index is 2.22. The Hall–Kier alpha value is -0.120. The van der Waals surface area contributed by atoms with Gasteiger partial charge in [0, 0.05) is 32.2 Å². The minimum atomic E-state index is -0.143. The van der Waals surface area contributed by atoms with Crippen LogP contribution in [0.3, 0.4) is 0 Å². The second-order valence-electron chi connectivity index (χ2n) is 3.68. The zero-order chi connectivity index (χ0) is 8.97. The number of rotatable bonds is 3. The molecule has 1 rings (SSSR count). The first-order valence-corrected chi connectivity index (χ1v) is 4.86. The van der Waals surface area contributed by atoms with E-state index >= 15 is 0 Å². The summed E-state index contributed by atoms with van der Waals surface area (Å²) in [6.45, 7) is 8.24. The molecule has 0 bridgehead atoms. The van der Waals surface area contributed by atoms with Crippen LogP contribution in [0, 0.1) is 0 Å². The summed E-state index contributed by atoms with van der Waals surface area (Å²) in [7, 11) is 0. The number of aliphatic hydroxyl groups excluding tert-OH is 1. The summed E-state index contributed by atoms with van der Waals surface area (Å²) in [5, 5.41) is 12.8. The molecule has 1 heterocycles. The lowest BCUT2D eigenvalue weighted by molar-refractivity contribution is 0.0935. The van der Waals surface area contributed by atoms with Gasteiger partial charge in [0.25, 0.3) is 0 Å². The fourth-order valence-electron chi connectivity index (χ4n) is 1.61.